The molecule has 1 spiro atoms. The number of benzene rings is 2. The van der Waals surface area contributed by atoms with Crippen LogP contribution >= 0.6 is 11.6 Å². The summed E-state index contributed by atoms with van der Waals surface area (Å²) in [7, 11) is -1.71. The third kappa shape index (κ3) is 7.31. The number of halogens is 1. The highest BCUT2D eigenvalue weighted by Crippen LogP contribution is 2.46. The second-order valence-corrected chi connectivity index (χ2v) is 18.4. The van der Waals surface area contributed by atoms with Crippen LogP contribution in [-0.2, 0) is 39.5 Å². The molecular weight excluding hydrogens is 708 g/mol. The fraction of sp³-hybridized carbons (Fsp3) is 0.524. The van der Waals surface area contributed by atoms with E-state index < -0.39 is 21.7 Å². The SMILES string of the molecule is CC[C@H]1C/C=C/[C@H](OC)[C@@H]2CCC[C@H]2CN2C[C@@]3(CCCc4cc(Cl)ccc43)COc3ccc(cc32)C(=O)N=S(=O)(NC(=O)c2cc3n(c2)CCC3)C1. The normalized spacial score (nSPS) is 30.4. The maximum absolute atomic E-state index is 14.8. The molecule has 282 valence electrons. The largest absolute Gasteiger partial charge is 0.490 e. The van der Waals surface area contributed by atoms with Crippen molar-refractivity contribution in [2.75, 3.05) is 37.5 Å². The number of anilines is 1. The van der Waals surface area contributed by atoms with Crippen LogP contribution in [0.25, 0.3) is 0 Å². The molecule has 8 rings (SSSR count). The molecule has 4 heterocycles. The van der Waals surface area contributed by atoms with Gasteiger partial charge in [-0.2, -0.15) is 0 Å². The number of carbonyl (C=O) groups excluding carboxylic acids is 2. The van der Waals surface area contributed by atoms with Gasteiger partial charge < -0.3 is 18.9 Å². The average Bonchev–Trinajstić information content (AvgIpc) is 3.87. The number of hydrogen-bond acceptors (Lipinski definition) is 6. The molecule has 0 radical (unpaired) electrons. The van der Waals surface area contributed by atoms with Gasteiger partial charge in [-0.1, -0.05) is 49.6 Å². The van der Waals surface area contributed by atoms with Crippen molar-refractivity contribution in [1.82, 2.24) is 9.29 Å². The Morgan fingerprint density at radius 3 is 2.85 bits per heavy atom. The summed E-state index contributed by atoms with van der Waals surface area (Å²) in [6, 6.07) is 13.6. The van der Waals surface area contributed by atoms with Crippen LogP contribution in [0.4, 0.5) is 5.69 Å². The molecule has 2 aromatic carbocycles. The van der Waals surface area contributed by atoms with E-state index in [9.17, 15) is 13.8 Å². The molecule has 1 fully saturated rings. The Morgan fingerprint density at radius 1 is 1.13 bits per heavy atom. The molecule has 1 saturated carbocycles. The van der Waals surface area contributed by atoms with Crippen molar-refractivity contribution >= 4 is 39.0 Å². The fourth-order valence-electron chi connectivity index (χ4n) is 9.75. The van der Waals surface area contributed by atoms with Gasteiger partial charge in [0.1, 0.15) is 15.7 Å². The quantitative estimate of drug-likeness (QED) is 0.271. The summed E-state index contributed by atoms with van der Waals surface area (Å²) in [5.74, 6) is 0.349. The van der Waals surface area contributed by atoms with E-state index in [2.05, 4.69) is 42.8 Å². The van der Waals surface area contributed by atoms with Crippen molar-refractivity contribution in [2.24, 2.45) is 22.1 Å². The molecule has 1 unspecified atom stereocenters. The lowest BCUT2D eigenvalue weighted by atomic mass is 9.70. The number of fused-ring (bicyclic) bond motifs is 5. The van der Waals surface area contributed by atoms with Crippen LogP contribution in [0.5, 0.6) is 5.75 Å². The molecule has 2 amide bonds. The minimum absolute atomic E-state index is 0.0550. The molecule has 1 N–H and O–H groups in total. The molecule has 6 atom stereocenters. The fourth-order valence-corrected chi connectivity index (χ4v) is 11.9. The maximum atomic E-state index is 14.8. The minimum atomic E-state index is -3.50. The zero-order valence-corrected chi connectivity index (χ0v) is 32.4. The van der Waals surface area contributed by atoms with Crippen LogP contribution in [-0.4, -0.2) is 59.3 Å². The van der Waals surface area contributed by atoms with Crippen molar-refractivity contribution < 1.29 is 23.3 Å². The summed E-state index contributed by atoms with van der Waals surface area (Å²) < 4.78 is 36.9. The number of nitrogens with one attached hydrogen (secondary N) is 1. The first-order valence-corrected chi connectivity index (χ1v) is 21.5. The summed E-state index contributed by atoms with van der Waals surface area (Å²) >= 11 is 6.49. The maximum Gasteiger partial charge on any atom is 0.286 e. The average molecular weight is 759 g/mol. The van der Waals surface area contributed by atoms with E-state index in [0.29, 0.717) is 42.4 Å². The molecule has 11 heteroatoms. The molecule has 3 aliphatic heterocycles. The molecule has 2 bridgehead atoms. The zero-order chi connectivity index (χ0) is 36.7. The molecule has 0 saturated heterocycles. The van der Waals surface area contributed by atoms with Crippen LogP contribution in [0.15, 0.2) is 65.2 Å². The third-order valence-electron chi connectivity index (χ3n) is 12.5. The van der Waals surface area contributed by atoms with Gasteiger partial charge in [0, 0.05) is 54.6 Å². The lowest BCUT2D eigenvalue weighted by Gasteiger charge is -2.42. The number of aryl methyl sites for hydroxylation is 3. The van der Waals surface area contributed by atoms with Crippen molar-refractivity contribution in [2.45, 2.75) is 89.2 Å². The van der Waals surface area contributed by atoms with Gasteiger partial charge >= 0.3 is 0 Å². The Hall–Kier alpha value is -3.60. The first kappa shape index (κ1) is 36.4. The van der Waals surface area contributed by atoms with Crippen LogP contribution in [0.1, 0.15) is 95.8 Å². The summed E-state index contributed by atoms with van der Waals surface area (Å²) in [5, 5.41) is 0.748. The zero-order valence-electron chi connectivity index (χ0n) is 30.9. The lowest BCUT2D eigenvalue weighted by molar-refractivity contribution is 0.0728. The van der Waals surface area contributed by atoms with Gasteiger partial charge in [0.15, 0.2) is 0 Å². The van der Waals surface area contributed by atoms with E-state index in [1.807, 2.05) is 37.4 Å². The summed E-state index contributed by atoms with van der Waals surface area (Å²) in [5.41, 5.74) is 5.01. The van der Waals surface area contributed by atoms with Crippen molar-refractivity contribution in [3.63, 3.8) is 0 Å². The number of amides is 2. The second-order valence-electron chi connectivity index (χ2n) is 15.9. The Kier molecular flexibility index (Phi) is 10.2. The van der Waals surface area contributed by atoms with Crippen LogP contribution in [0, 0.1) is 17.8 Å². The highest BCUT2D eigenvalue weighted by Gasteiger charge is 2.43. The van der Waals surface area contributed by atoms with Gasteiger partial charge in [-0.25, -0.2) is 4.21 Å². The number of ether oxygens (including phenoxy) is 2. The summed E-state index contributed by atoms with van der Waals surface area (Å²) in [6.45, 7) is 4.94. The first-order valence-electron chi connectivity index (χ1n) is 19.5. The standard InChI is InChI=1S/C42H51ClN4O5S/c1-3-28-8-4-13-38(51-2)35-12-5-9-31(35)23-47-26-42(18-6-10-29-20-33(43)15-16-36(29)42)27-52-39-17-14-30(22-37(39)47)40(48)44-53(50,25-28)45-41(49)32-21-34-11-7-19-46(34)24-32/h4,13-17,20-22,24,28,31,35,38H,3,5-12,18-19,23,25-27H2,1-2H3,(H,44,45,48,49,50)/b13-4+/t28-,31-,35+,38-,42-,53?/m0/s1. The monoisotopic (exact) mass is 758 g/mol. The molecule has 5 aliphatic rings. The highest BCUT2D eigenvalue weighted by molar-refractivity contribution is 7.92. The smallest absolute Gasteiger partial charge is 0.286 e. The van der Waals surface area contributed by atoms with Crippen molar-refractivity contribution in [1.29, 1.82) is 0 Å². The number of rotatable bonds is 4. The second kappa shape index (κ2) is 14.9. The third-order valence-corrected chi connectivity index (χ3v) is 14.7. The number of allylic oxidation sites excluding steroid dienone is 1. The molecule has 3 aromatic rings. The van der Waals surface area contributed by atoms with E-state index in [0.717, 1.165) is 93.2 Å². The number of aromatic nitrogens is 1. The van der Waals surface area contributed by atoms with E-state index in [-0.39, 0.29) is 23.2 Å². The van der Waals surface area contributed by atoms with Gasteiger partial charge in [0.2, 0.25) is 0 Å². The van der Waals surface area contributed by atoms with Gasteiger partial charge in [-0.3, -0.25) is 14.3 Å². The van der Waals surface area contributed by atoms with Gasteiger partial charge in [0.25, 0.3) is 11.8 Å². The minimum Gasteiger partial charge on any atom is -0.490 e. The van der Waals surface area contributed by atoms with E-state index in [1.165, 1.54) is 11.1 Å². The summed E-state index contributed by atoms with van der Waals surface area (Å²) in [6.07, 6.45) is 15.7. The molecule has 9 nitrogen and oxygen atoms in total. The Balaban J connectivity index is 1.21. The van der Waals surface area contributed by atoms with E-state index in [4.69, 9.17) is 21.1 Å². The van der Waals surface area contributed by atoms with Gasteiger partial charge in [-0.05, 0) is 117 Å². The lowest BCUT2D eigenvalue weighted by Crippen LogP contribution is -2.47. The van der Waals surface area contributed by atoms with Gasteiger partial charge in [0.05, 0.1) is 29.7 Å². The van der Waals surface area contributed by atoms with Crippen LogP contribution < -0.4 is 14.4 Å². The van der Waals surface area contributed by atoms with Crippen LogP contribution in [0.2, 0.25) is 5.02 Å². The number of methoxy groups -OCH3 is 1. The number of nitrogens with zero attached hydrogens (tertiary/aromatic N) is 3. The molecule has 2 aliphatic carbocycles. The Bertz CT molecular complexity index is 2030. The van der Waals surface area contributed by atoms with E-state index in [1.54, 1.807) is 13.2 Å². The van der Waals surface area contributed by atoms with Crippen molar-refractivity contribution in [3.8, 4) is 5.75 Å². The van der Waals surface area contributed by atoms with Crippen LogP contribution in [0.3, 0.4) is 0 Å². The predicted octanol–water partition coefficient (Wildman–Crippen LogP) is 7.93. The van der Waals surface area contributed by atoms with E-state index >= 15 is 0 Å². The Morgan fingerprint density at radius 2 is 2.02 bits per heavy atom. The van der Waals surface area contributed by atoms with Gasteiger partial charge in [-0.15, -0.1) is 4.36 Å². The topological polar surface area (TPSA) is 102 Å². The molecule has 1 aromatic heterocycles. The number of carbonyl (C=O) groups is 2. The molecule has 53 heavy (non-hydrogen) atoms. The highest BCUT2D eigenvalue weighted by atomic mass is 35.5. The number of hydrogen-bond donors (Lipinski definition) is 1. The summed E-state index contributed by atoms with van der Waals surface area (Å²) in [4.78, 5) is 30.3. The Labute approximate surface area is 318 Å². The molecular formula is C42H51ClN4O5S. The predicted molar refractivity (Wildman–Crippen MR) is 209 cm³/mol. The first-order chi connectivity index (χ1) is 25.7. The van der Waals surface area contributed by atoms with Crippen molar-refractivity contribution in [3.05, 3.63) is 93.8 Å².